The number of aromatic hydroxyl groups is 1. The predicted octanol–water partition coefficient (Wildman–Crippen LogP) is 4.12. The Kier molecular flexibility index (Phi) is 3.66. The highest BCUT2D eigenvalue weighted by molar-refractivity contribution is 5.81. The molecule has 0 radical (unpaired) electrons. The van der Waals surface area contributed by atoms with E-state index in [0.29, 0.717) is 17.5 Å². The van der Waals surface area contributed by atoms with Crippen LogP contribution in [0.4, 0.5) is 23.1 Å². The Morgan fingerprint density at radius 3 is 2.80 bits per heavy atom. The van der Waals surface area contributed by atoms with Gasteiger partial charge in [-0.3, -0.25) is 0 Å². The van der Waals surface area contributed by atoms with Crippen molar-refractivity contribution in [1.29, 1.82) is 0 Å². The lowest BCUT2D eigenvalue weighted by molar-refractivity contribution is 0.475. The third kappa shape index (κ3) is 3.20. The summed E-state index contributed by atoms with van der Waals surface area (Å²) in [7, 11) is 0. The molecule has 124 valence electrons. The first kappa shape index (κ1) is 14.9. The minimum Gasteiger partial charge on any atom is -0.508 e. The smallest absolute Gasteiger partial charge is 0.229 e. The molecule has 0 saturated heterocycles. The molecular weight excluding hydrogens is 318 g/mol. The van der Waals surface area contributed by atoms with E-state index in [0.717, 1.165) is 22.4 Å². The van der Waals surface area contributed by atoms with Crippen molar-refractivity contribution in [2.75, 3.05) is 10.6 Å². The number of oxazole rings is 1. The van der Waals surface area contributed by atoms with E-state index in [1.54, 1.807) is 30.5 Å². The van der Waals surface area contributed by atoms with Crippen LogP contribution in [0.2, 0.25) is 0 Å². The van der Waals surface area contributed by atoms with Crippen LogP contribution in [0.3, 0.4) is 0 Å². The van der Waals surface area contributed by atoms with Gasteiger partial charge in [0.05, 0.1) is 0 Å². The molecule has 0 aliphatic carbocycles. The number of nitrogens with zero attached hydrogens (tertiary/aromatic N) is 3. The van der Waals surface area contributed by atoms with Gasteiger partial charge in [-0.2, -0.15) is 4.98 Å². The van der Waals surface area contributed by atoms with Crippen LogP contribution in [-0.4, -0.2) is 20.1 Å². The van der Waals surface area contributed by atoms with Crippen LogP contribution in [0, 0.1) is 6.92 Å². The Balaban J connectivity index is 1.58. The lowest BCUT2D eigenvalue weighted by Crippen LogP contribution is -2.00. The van der Waals surface area contributed by atoms with E-state index >= 15 is 0 Å². The molecule has 0 amide bonds. The highest BCUT2D eigenvalue weighted by atomic mass is 16.3. The summed E-state index contributed by atoms with van der Waals surface area (Å²) in [5.74, 6) is 1.24. The van der Waals surface area contributed by atoms with Crippen LogP contribution < -0.4 is 10.6 Å². The Morgan fingerprint density at radius 2 is 1.92 bits per heavy atom. The first-order chi connectivity index (χ1) is 12.2. The van der Waals surface area contributed by atoms with E-state index in [2.05, 4.69) is 25.6 Å². The normalized spacial score (nSPS) is 10.8. The van der Waals surface area contributed by atoms with Crippen molar-refractivity contribution in [3.8, 4) is 5.75 Å². The van der Waals surface area contributed by atoms with Gasteiger partial charge >= 0.3 is 0 Å². The van der Waals surface area contributed by atoms with Crippen molar-refractivity contribution in [3.63, 3.8) is 0 Å². The molecule has 0 aliphatic rings. The van der Waals surface area contributed by atoms with Crippen LogP contribution in [0.1, 0.15) is 5.56 Å². The minimum absolute atomic E-state index is 0.176. The standard InChI is InChI=1S/C18H15N5O2/c1-11-7-13(9-15-17(11)20-10-25-15)21-16-5-6-19-18(23-16)22-12-3-2-4-14(24)8-12/h2-10,24H,1H3,(H2,19,21,22,23). The summed E-state index contributed by atoms with van der Waals surface area (Å²) in [6.45, 7) is 1.98. The second-order valence-electron chi connectivity index (χ2n) is 5.56. The topological polar surface area (TPSA) is 96.1 Å². The molecule has 7 nitrogen and oxygen atoms in total. The van der Waals surface area contributed by atoms with Crippen molar-refractivity contribution in [1.82, 2.24) is 15.0 Å². The molecule has 0 spiro atoms. The Morgan fingerprint density at radius 1 is 1.00 bits per heavy atom. The summed E-state index contributed by atoms with van der Waals surface area (Å²) >= 11 is 0. The van der Waals surface area contributed by atoms with E-state index in [1.165, 1.54) is 6.39 Å². The third-order valence-corrected chi connectivity index (χ3v) is 3.66. The molecule has 7 heteroatoms. The van der Waals surface area contributed by atoms with Gasteiger partial charge in [0.1, 0.15) is 17.1 Å². The summed E-state index contributed by atoms with van der Waals surface area (Å²) in [4.78, 5) is 12.8. The van der Waals surface area contributed by atoms with Crippen LogP contribution >= 0.6 is 0 Å². The first-order valence-corrected chi connectivity index (χ1v) is 7.67. The van der Waals surface area contributed by atoms with Crippen molar-refractivity contribution in [2.45, 2.75) is 6.92 Å². The number of fused-ring (bicyclic) bond motifs is 1. The van der Waals surface area contributed by atoms with Gasteiger partial charge in [-0.15, -0.1) is 0 Å². The summed E-state index contributed by atoms with van der Waals surface area (Å²) in [6, 6.07) is 12.4. The van der Waals surface area contributed by atoms with Crippen molar-refractivity contribution in [3.05, 3.63) is 60.6 Å². The average Bonchev–Trinajstić information content (AvgIpc) is 3.04. The van der Waals surface area contributed by atoms with E-state index < -0.39 is 0 Å². The Bertz CT molecular complexity index is 1040. The average molecular weight is 333 g/mol. The number of phenols is 1. The molecule has 4 rings (SSSR count). The predicted molar refractivity (Wildman–Crippen MR) is 95.5 cm³/mol. The second kappa shape index (κ2) is 6.12. The fourth-order valence-electron chi connectivity index (χ4n) is 2.56. The molecule has 0 unspecified atom stereocenters. The fourth-order valence-corrected chi connectivity index (χ4v) is 2.56. The van der Waals surface area contributed by atoms with E-state index in [1.807, 2.05) is 25.1 Å². The zero-order valence-corrected chi connectivity index (χ0v) is 13.4. The Hall–Kier alpha value is -3.61. The van der Waals surface area contributed by atoms with Crippen molar-refractivity contribution in [2.24, 2.45) is 0 Å². The molecule has 2 heterocycles. The SMILES string of the molecule is Cc1cc(Nc2ccnc(Nc3cccc(O)c3)n2)cc2ocnc12. The molecule has 0 bridgehead atoms. The van der Waals surface area contributed by atoms with Gasteiger partial charge in [0.25, 0.3) is 0 Å². The van der Waals surface area contributed by atoms with Crippen LogP contribution in [0.15, 0.2) is 59.5 Å². The number of anilines is 4. The summed E-state index contributed by atoms with van der Waals surface area (Å²) in [6.07, 6.45) is 3.09. The monoisotopic (exact) mass is 333 g/mol. The number of hydrogen-bond donors (Lipinski definition) is 3. The second-order valence-corrected chi connectivity index (χ2v) is 5.56. The molecule has 25 heavy (non-hydrogen) atoms. The lowest BCUT2D eigenvalue weighted by Gasteiger charge is -2.09. The fraction of sp³-hybridized carbons (Fsp3) is 0.0556. The van der Waals surface area contributed by atoms with Crippen molar-refractivity contribution < 1.29 is 9.52 Å². The molecule has 0 aliphatic heterocycles. The van der Waals surface area contributed by atoms with Gasteiger partial charge < -0.3 is 20.2 Å². The molecular formula is C18H15N5O2. The molecule has 0 atom stereocenters. The largest absolute Gasteiger partial charge is 0.508 e. The molecule has 2 aromatic heterocycles. The van der Waals surface area contributed by atoms with Gasteiger partial charge in [0, 0.05) is 29.7 Å². The first-order valence-electron chi connectivity index (χ1n) is 7.67. The summed E-state index contributed by atoms with van der Waals surface area (Å²) in [5.41, 5.74) is 4.13. The third-order valence-electron chi connectivity index (χ3n) is 3.66. The molecule has 0 fully saturated rings. The van der Waals surface area contributed by atoms with Crippen LogP contribution in [-0.2, 0) is 0 Å². The maximum Gasteiger partial charge on any atom is 0.229 e. The number of aryl methyl sites for hydroxylation is 1. The maximum atomic E-state index is 9.53. The zero-order valence-electron chi connectivity index (χ0n) is 13.4. The molecule has 2 aromatic carbocycles. The lowest BCUT2D eigenvalue weighted by atomic mass is 10.2. The minimum atomic E-state index is 0.176. The van der Waals surface area contributed by atoms with Crippen molar-refractivity contribution >= 4 is 34.2 Å². The zero-order chi connectivity index (χ0) is 17.2. The van der Waals surface area contributed by atoms with Gasteiger partial charge in [-0.25, -0.2) is 9.97 Å². The number of aromatic nitrogens is 3. The number of rotatable bonds is 4. The quantitative estimate of drug-likeness (QED) is 0.517. The van der Waals surface area contributed by atoms with Gasteiger partial charge in [0.15, 0.2) is 12.0 Å². The highest BCUT2D eigenvalue weighted by Gasteiger charge is 2.07. The highest BCUT2D eigenvalue weighted by Crippen LogP contribution is 2.25. The van der Waals surface area contributed by atoms with Crippen LogP contribution in [0.25, 0.3) is 11.1 Å². The van der Waals surface area contributed by atoms with Gasteiger partial charge in [-0.05, 0) is 36.8 Å². The number of phenolic OH excluding ortho intramolecular Hbond substituents is 1. The van der Waals surface area contributed by atoms with Gasteiger partial charge in [-0.1, -0.05) is 6.07 Å². The maximum absolute atomic E-state index is 9.53. The number of hydrogen-bond acceptors (Lipinski definition) is 7. The van der Waals surface area contributed by atoms with Crippen LogP contribution in [0.5, 0.6) is 5.75 Å². The molecule has 4 aromatic rings. The summed E-state index contributed by atoms with van der Waals surface area (Å²) < 4.78 is 5.37. The molecule has 0 saturated carbocycles. The summed E-state index contributed by atoms with van der Waals surface area (Å²) in [5, 5.41) is 15.8. The number of nitrogens with one attached hydrogen (secondary N) is 2. The Labute approximate surface area is 143 Å². The van der Waals surface area contributed by atoms with E-state index in [-0.39, 0.29) is 5.75 Å². The number of benzene rings is 2. The van der Waals surface area contributed by atoms with Gasteiger partial charge in [0.2, 0.25) is 5.95 Å². The van der Waals surface area contributed by atoms with E-state index in [9.17, 15) is 5.11 Å². The van der Waals surface area contributed by atoms with E-state index in [4.69, 9.17) is 4.42 Å². The molecule has 3 N–H and O–H groups in total.